The van der Waals surface area contributed by atoms with E-state index in [1.54, 1.807) is 64.0 Å². The molecule has 176 valence electrons. The molecular formula is C16H42O9Si4. The second-order valence-electron chi connectivity index (χ2n) is 7.20. The Hall–Kier alpha value is 0.508. The zero-order chi connectivity index (χ0) is 22.6. The summed E-state index contributed by atoms with van der Waals surface area (Å²) in [6.07, 6.45) is 0. The first kappa shape index (κ1) is 29.5. The lowest BCUT2D eigenvalue weighted by atomic mass is 10.9. The summed E-state index contributed by atoms with van der Waals surface area (Å²) in [6, 6.07) is 5.17. The van der Waals surface area contributed by atoms with Crippen molar-refractivity contribution in [1.29, 1.82) is 0 Å². The fourth-order valence-corrected chi connectivity index (χ4v) is 18.4. The van der Waals surface area contributed by atoms with E-state index in [0.717, 1.165) is 36.3 Å². The van der Waals surface area contributed by atoms with Crippen molar-refractivity contribution < 1.29 is 39.8 Å². The highest BCUT2D eigenvalue weighted by Crippen LogP contribution is 2.35. The smallest absolute Gasteiger partial charge is 0.377 e. The van der Waals surface area contributed by atoms with Crippen LogP contribution in [0.15, 0.2) is 0 Å². The van der Waals surface area contributed by atoms with E-state index in [1.807, 2.05) is 0 Å². The molecule has 0 heterocycles. The molecule has 29 heavy (non-hydrogen) atoms. The highest BCUT2D eigenvalue weighted by Gasteiger charge is 2.46. The van der Waals surface area contributed by atoms with E-state index in [-0.39, 0.29) is 0 Å². The normalized spacial score (nSPS) is 13.9. The Morgan fingerprint density at radius 3 is 0.655 bits per heavy atom. The van der Waals surface area contributed by atoms with Gasteiger partial charge in [0.2, 0.25) is 0 Å². The predicted molar refractivity (Wildman–Crippen MR) is 121 cm³/mol. The van der Waals surface area contributed by atoms with Gasteiger partial charge in [-0.15, -0.1) is 0 Å². The van der Waals surface area contributed by atoms with Gasteiger partial charge in [0.05, 0.1) is 8.07 Å². The van der Waals surface area contributed by atoms with Crippen molar-refractivity contribution in [3.05, 3.63) is 0 Å². The van der Waals surface area contributed by atoms with Gasteiger partial charge in [-0.05, 0) is 0 Å². The molecule has 0 aromatic heterocycles. The Kier molecular flexibility index (Phi) is 14.1. The third-order valence-corrected chi connectivity index (χ3v) is 20.0. The van der Waals surface area contributed by atoms with Crippen molar-refractivity contribution in [2.45, 2.75) is 42.8 Å². The third-order valence-electron chi connectivity index (χ3n) is 5.90. The number of hydrogen-bond donors (Lipinski definition) is 0. The molecule has 0 bridgehead atoms. The molecule has 0 saturated heterocycles. The quantitative estimate of drug-likeness (QED) is 0.269. The predicted octanol–water partition coefficient (Wildman–Crippen LogP) is 2.70. The summed E-state index contributed by atoms with van der Waals surface area (Å²) in [7, 11) is 5.02. The Labute approximate surface area is 181 Å². The first-order chi connectivity index (χ1) is 13.7. The average Bonchev–Trinajstić information content (AvgIpc) is 2.78. The fraction of sp³-hybridized carbons (Fsp3) is 1.00. The van der Waals surface area contributed by atoms with Crippen molar-refractivity contribution in [2.24, 2.45) is 0 Å². The molecule has 13 heteroatoms. The van der Waals surface area contributed by atoms with Crippen LogP contribution in [0.2, 0.25) is 42.8 Å². The van der Waals surface area contributed by atoms with Crippen LogP contribution in [0.3, 0.4) is 0 Å². The van der Waals surface area contributed by atoms with Gasteiger partial charge in [-0.25, -0.2) is 0 Å². The molecule has 0 unspecified atom stereocenters. The van der Waals surface area contributed by atoms with Gasteiger partial charge in [-0.3, -0.25) is 0 Å². The minimum atomic E-state index is -2.66. The SMILES string of the molecule is CO[Si](CC[Si](C)(CC[Si](OC)(OC)OC)CC[Si](OC)(OC)OC)(OC)OC. The maximum absolute atomic E-state index is 5.64. The molecule has 0 amide bonds. The molecular weight excluding hydrogens is 449 g/mol. The van der Waals surface area contributed by atoms with Crippen LogP contribution in [0, 0.1) is 0 Å². The lowest BCUT2D eigenvalue weighted by Gasteiger charge is -2.35. The van der Waals surface area contributed by atoms with Gasteiger partial charge >= 0.3 is 26.4 Å². The van der Waals surface area contributed by atoms with E-state index in [2.05, 4.69) is 6.55 Å². The first-order valence-electron chi connectivity index (χ1n) is 9.63. The van der Waals surface area contributed by atoms with Gasteiger partial charge in [0, 0.05) is 82.1 Å². The Bertz CT molecular complexity index is 348. The van der Waals surface area contributed by atoms with Crippen molar-refractivity contribution in [2.75, 3.05) is 64.0 Å². The summed E-state index contributed by atoms with van der Waals surface area (Å²) in [6.45, 7) is 2.37. The molecule has 0 aliphatic rings. The summed E-state index contributed by atoms with van der Waals surface area (Å²) in [5.74, 6) is 0. The van der Waals surface area contributed by atoms with Gasteiger partial charge in [-0.1, -0.05) is 24.7 Å². The molecule has 0 aliphatic heterocycles. The number of hydrogen-bond acceptors (Lipinski definition) is 9. The van der Waals surface area contributed by atoms with Gasteiger partial charge < -0.3 is 39.8 Å². The van der Waals surface area contributed by atoms with Gasteiger partial charge in [0.25, 0.3) is 0 Å². The van der Waals surface area contributed by atoms with E-state index in [4.69, 9.17) is 39.8 Å². The van der Waals surface area contributed by atoms with Crippen LogP contribution >= 0.6 is 0 Å². The maximum atomic E-state index is 5.64. The largest absolute Gasteiger partial charge is 0.499 e. The molecule has 0 N–H and O–H groups in total. The monoisotopic (exact) mass is 490 g/mol. The Balaban J connectivity index is 5.49. The molecule has 0 spiro atoms. The average molecular weight is 491 g/mol. The lowest BCUT2D eigenvalue weighted by molar-refractivity contribution is 0.124. The highest BCUT2D eigenvalue weighted by atomic mass is 28.4. The third kappa shape index (κ3) is 8.51. The van der Waals surface area contributed by atoms with Crippen molar-refractivity contribution in [3.8, 4) is 0 Å². The molecule has 0 saturated carbocycles. The Morgan fingerprint density at radius 2 is 0.517 bits per heavy atom. The van der Waals surface area contributed by atoms with E-state index in [9.17, 15) is 0 Å². The summed E-state index contributed by atoms with van der Waals surface area (Å²) in [5, 5.41) is 0. The standard InChI is InChI=1S/C16H42O9Si4/c1-17-27(18-2,19-3)14-11-26(10,12-15-28(20-4,21-5)22-6)13-16-29(23-7,24-8)25-9/h11-16H2,1-10H3. The van der Waals surface area contributed by atoms with E-state index >= 15 is 0 Å². The number of rotatable bonds is 18. The molecule has 0 aromatic carbocycles. The molecule has 0 aliphatic carbocycles. The second kappa shape index (κ2) is 13.8. The van der Waals surface area contributed by atoms with E-state index in [0.29, 0.717) is 0 Å². The zero-order valence-electron chi connectivity index (χ0n) is 19.9. The van der Waals surface area contributed by atoms with E-state index < -0.39 is 34.5 Å². The summed E-state index contributed by atoms with van der Waals surface area (Å²) < 4.78 is 50.7. The molecule has 9 nitrogen and oxygen atoms in total. The first-order valence-corrected chi connectivity index (χ1v) is 18.5. The van der Waals surface area contributed by atoms with Crippen molar-refractivity contribution in [3.63, 3.8) is 0 Å². The molecule has 0 fully saturated rings. The minimum absolute atomic E-state index is 0.752. The fourth-order valence-electron chi connectivity index (χ4n) is 3.41. The topological polar surface area (TPSA) is 83.1 Å². The molecule has 0 radical (unpaired) electrons. The van der Waals surface area contributed by atoms with Gasteiger partial charge in [0.1, 0.15) is 0 Å². The molecule has 0 rings (SSSR count). The summed E-state index contributed by atoms with van der Waals surface area (Å²) in [4.78, 5) is 0. The van der Waals surface area contributed by atoms with Crippen LogP contribution < -0.4 is 0 Å². The second-order valence-corrected chi connectivity index (χ2v) is 21.6. The van der Waals surface area contributed by atoms with E-state index in [1.165, 1.54) is 0 Å². The van der Waals surface area contributed by atoms with Crippen LogP contribution in [0.5, 0.6) is 0 Å². The summed E-state index contributed by atoms with van der Waals surface area (Å²) in [5.41, 5.74) is 0. The molecule has 0 aromatic rings. The van der Waals surface area contributed by atoms with Crippen LogP contribution in [0.4, 0.5) is 0 Å². The van der Waals surface area contributed by atoms with Crippen LogP contribution in [-0.4, -0.2) is 98.5 Å². The lowest BCUT2D eigenvalue weighted by Crippen LogP contribution is -2.49. The maximum Gasteiger partial charge on any atom is 0.499 e. The zero-order valence-corrected chi connectivity index (χ0v) is 23.9. The molecule has 0 atom stereocenters. The van der Waals surface area contributed by atoms with Crippen molar-refractivity contribution >= 4 is 34.5 Å². The van der Waals surface area contributed by atoms with Gasteiger partial charge in [-0.2, -0.15) is 0 Å². The van der Waals surface area contributed by atoms with Crippen LogP contribution in [0.1, 0.15) is 0 Å². The minimum Gasteiger partial charge on any atom is -0.377 e. The highest BCUT2D eigenvalue weighted by molar-refractivity contribution is 6.82. The van der Waals surface area contributed by atoms with Crippen LogP contribution in [-0.2, 0) is 39.8 Å². The van der Waals surface area contributed by atoms with Crippen molar-refractivity contribution in [1.82, 2.24) is 0 Å². The van der Waals surface area contributed by atoms with Gasteiger partial charge in [0.15, 0.2) is 0 Å². The Morgan fingerprint density at radius 1 is 0.345 bits per heavy atom. The summed E-state index contributed by atoms with van der Waals surface area (Å²) >= 11 is 0. The van der Waals surface area contributed by atoms with Crippen LogP contribution in [0.25, 0.3) is 0 Å².